The van der Waals surface area contributed by atoms with E-state index in [1.54, 1.807) is 6.08 Å². The molecule has 7 heteroatoms. The number of nitrogens with zero attached hydrogens (tertiary/aromatic N) is 2. The quantitative estimate of drug-likeness (QED) is 0.480. The van der Waals surface area contributed by atoms with Crippen molar-refractivity contribution in [1.82, 2.24) is 4.90 Å². The van der Waals surface area contributed by atoms with Crippen molar-refractivity contribution in [3.05, 3.63) is 100 Å². The van der Waals surface area contributed by atoms with E-state index in [1.807, 2.05) is 50.3 Å². The average molecular weight is 473 g/mol. The molecular weight excluding hydrogens is 447 g/mol. The van der Waals surface area contributed by atoms with Crippen LogP contribution >= 0.6 is 0 Å². The summed E-state index contributed by atoms with van der Waals surface area (Å²) in [5, 5.41) is 11.0. The van der Waals surface area contributed by atoms with Gasteiger partial charge in [0.1, 0.15) is 29.4 Å². The van der Waals surface area contributed by atoms with Gasteiger partial charge in [-0.15, -0.1) is 0 Å². The molecule has 178 valence electrons. The summed E-state index contributed by atoms with van der Waals surface area (Å²) >= 11 is 0. The van der Waals surface area contributed by atoms with Gasteiger partial charge in [0.05, 0.1) is 12.1 Å². The number of carbonyl (C=O) groups is 2. The lowest BCUT2D eigenvalue weighted by atomic mass is 9.98. The van der Waals surface area contributed by atoms with Gasteiger partial charge < -0.3 is 9.84 Å². The summed E-state index contributed by atoms with van der Waals surface area (Å²) in [6, 6.07) is 15.0. The highest BCUT2D eigenvalue weighted by atomic mass is 19.1. The molecule has 2 amide bonds. The van der Waals surface area contributed by atoms with E-state index in [1.165, 1.54) is 30.5 Å². The second-order valence-corrected chi connectivity index (χ2v) is 7.76. The molecule has 2 aliphatic rings. The Kier molecular flexibility index (Phi) is 7.06. The zero-order chi connectivity index (χ0) is 24.9. The Morgan fingerprint density at radius 3 is 2.37 bits per heavy atom. The van der Waals surface area contributed by atoms with Gasteiger partial charge in [0, 0.05) is 11.8 Å². The van der Waals surface area contributed by atoms with Crippen molar-refractivity contribution in [3.8, 4) is 11.5 Å². The number of ether oxygens (including phenoxy) is 1. The maximum atomic E-state index is 13.4. The van der Waals surface area contributed by atoms with Crippen LogP contribution < -0.4 is 4.74 Å². The molecule has 0 fully saturated rings. The van der Waals surface area contributed by atoms with Crippen LogP contribution in [-0.2, 0) is 19.6 Å². The molecule has 2 aliphatic heterocycles. The first-order valence-electron chi connectivity index (χ1n) is 11.4. The Morgan fingerprint density at radius 1 is 0.971 bits per heavy atom. The van der Waals surface area contributed by atoms with Gasteiger partial charge in [0.15, 0.2) is 5.75 Å². The first kappa shape index (κ1) is 23.9. The molecule has 6 nitrogen and oxygen atoms in total. The summed E-state index contributed by atoms with van der Waals surface area (Å²) in [6.45, 7) is 4.12. The smallest absolute Gasteiger partial charge is 0.265 e. The largest absolute Gasteiger partial charge is 0.505 e. The summed E-state index contributed by atoms with van der Waals surface area (Å²) in [5.41, 5.74) is 2.13. The van der Waals surface area contributed by atoms with Crippen LogP contribution in [0.3, 0.4) is 0 Å². The van der Waals surface area contributed by atoms with E-state index < -0.39 is 17.6 Å². The number of benzene rings is 3. The molecular formula is C28H25FN2O4. The second-order valence-electron chi connectivity index (χ2n) is 7.76. The van der Waals surface area contributed by atoms with Gasteiger partial charge >= 0.3 is 0 Å². The van der Waals surface area contributed by atoms with E-state index >= 15 is 0 Å². The summed E-state index contributed by atoms with van der Waals surface area (Å²) in [4.78, 5) is 32.0. The van der Waals surface area contributed by atoms with E-state index in [0.717, 1.165) is 10.5 Å². The van der Waals surface area contributed by atoms with Crippen molar-refractivity contribution in [2.24, 2.45) is 4.99 Å². The second kappa shape index (κ2) is 10.3. The van der Waals surface area contributed by atoms with Crippen molar-refractivity contribution in [2.45, 2.75) is 33.4 Å². The minimum absolute atomic E-state index is 0.0276. The third kappa shape index (κ3) is 4.57. The van der Waals surface area contributed by atoms with Gasteiger partial charge in [0.25, 0.3) is 11.8 Å². The third-order valence-corrected chi connectivity index (χ3v) is 5.64. The highest BCUT2D eigenvalue weighted by Gasteiger charge is 2.43. The third-order valence-electron chi connectivity index (χ3n) is 5.64. The highest BCUT2D eigenvalue weighted by Crippen LogP contribution is 2.48. The maximum Gasteiger partial charge on any atom is 0.265 e. The van der Waals surface area contributed by atoms with Gasteiger partial charge in [-0.05, 0) is 35.8 Å². The van der Waals surface area contributed by atoms with E-state index in [9.17, 15) is 19.1 Å². The lowest BCUT2D eigenvalue weighted by Crippen LogP contribution is -2.29. The number of hydrogen-bond donors (Lipinski definition) is 1. The molecule has 0 saturated carbocycles. The predicted molar refractivity (Wildman–Crippen MR) is 132 cm³/mol. The summed E-state index contributed by atoms with van der Waals surface area (Å²) in [6.07, 6.45) is 5.47. The summed E-state index contributed by atoms with van der Waals surface area (Å²) in [7, 11) is 0. The molecule has 2 heterocycles. The molecule has 35 heavy (non-hydrogen) atoms. The predicted octanol–water partition coefficient (Wildman–Crippen LogP) is 5.75. The zero-order valence-electron chi connectivity index (χ0n) is 19.5. The van der Waals surface area contributed by atoms with Crippen LogP contribution in [0.2, 0.25) is 0 Å². The van der Waals surface area contributed by atoms with Crippen molar-refractivity contribution < 1.29 is 23.8 Å². The fraction of sp³-hybridized carbons (Fsp3) is 0.179. The van der Waals surface area contributed by atoms with Crippen molar-refractivity contribution in [1.29, 1.82) is 0 Å². The minimum atomic E-state index is -0.642. The number of imide groups is 1. The van der Waals surface area contributed by atoms with E-state index in [4.69, 9.17) is 4.74 Å². The molecule has 0 radical (unpaired) electrons. The van der Waals surface area contributed by atoms with Crippen LogP contribution in [0.15, 0.2) is 71.7 Å². The van der Waals surface area contributed by atoms with Crippen LogP contribution in [0.25, 0.3) is 0 Å². The van der Waals surface area contributed by atoms with Gasteiger partial charge in [-0.1, -0.05) is 62.4 Å². The Hall–Kier alpha value is -4.26. The molecule has 0 spiro atoms. The van der Waals surface area contributed by atoms with Crippen molar-refractivity contribution >= 4 is 23.7 Å². The van der Waals surface area contributed by atoms with Gasteiger partial charge in [-0.25, -0.2) is 4.39 Å². The SMILES string of the molecule is CC.O=C1c2c(O)c3c(c(OCc4ccccc4)c2C(=O)N1Cc1ccc(F)cc1)CC=CC=N3. The standard InChI is InChI=1S/C26H19FN2O4.C2H6/c27-18-11-9-16(10-12-18)14-29-25(31)20-21(26(29)32)24(33-15-17-6-2-1-3-7-17)19-8-4-5-13-28-22(19)23(20)30;1-2/h1-7,9-13,30H,8,14-15H2;1-2H3. The average Bonchev–Trinajstić information content (AvgIpc) is 3.04. The van der Waals surface area contributed by atoms with E-state index in [2.05, 4.69) is 4.99 Å². The number of carbonyl (C=O) groups excluding carboxylic acids is 2. The van der Waals surface area contributed by atoms with Crippen molar-refractivity contribution in [2.75, 3.05) is 0 Å². The topological polar surface area (TPSA) is 79.2 Å². The monoisotopic (exact) mass is 472 g/mol. The summed E-state index contributed by atoms with van der Waals surface area (Å²) in [5.74, 6) is -1.73. The zero-order valence-corrected chi connectivity index (χ0v) is 19.5. The maximum absolute atomic E-state index is 13.4. The van der Waals surface area contributed by atoms with E-state index in [0.29, 0.717) is 17.5 Å². The Balaban J connectivity index is 0.00000141. The minimum Gasteiger partial charge on any atom is -0.505 e. The molecule has 1 N–H and O–H groups in total. The lowest BCUT2D eigenvalue weighted by molar-refractivity contribution is 0.0640. The van der Waals surface area contributed by atoms with Crippen LogP contribution in [-0.4, -0.2) is 28.0 Å². The molecule has 0 aliphatic carbocycles. The molecule has 3 aromatic rings. The number of phenols is 1. The molecule has 5 rings (SSSR count). The number of phenolic OH excluding ortho intramolecular Hbond substituents is 1. The van der Waals surface area contributed by atoms with Crippen LogP contribution in [0.5, 0.6) is 11.5 Å². The molecule has 0 saturated heterocycles. The van der Waals surface area contributed by atoms with Gasteiger partial charge in [-0.2, -0.15) is 0 Å². The number of rotatable bonds is 5. The Morgan fingerprint density at radius 2 is 1.66 bits per heavy atom. The van der Waals surface area contributed by atoms with Gasteiger partial charge in [0.2, 0.25) is 0 Å². The van der Waals surface area contributed by atoms with Crippen LogP contribution in [0.4, 0.5) is 10.1 Å². The van der Waals surface area contributed by atoms with Crippen LogP contribution in [0.1, 0.15) is 51.3 Å². The number of fused-ring (bicyclic) bond motifs is 2. The number of allylic oxidation sites excluding steroid dienone is 2. The number of amides is 2. The van der Waals surface area contributed by atoms with Crippen LogP contribution in [0, 0.1) is 5.82 Å². The Labute approximate surface area is 203 Å². The summed E-state index contributed by atoms with van der Waals surface area (Å²) < 4.78 is 19.4. The molecule has 0 aromatic heterocycles. The molecule has 3 aromatic carbocycles. The van der Waals surface area contributed by atoms with E-state index in [-0.39, 0.29) is 41.5 Å². The number of halogens is 1. The molecule has 0 atom stereocenters. The number of aliphatic imine (C=N–C) groups is 1. The first-order valence-corrected chi connectivity index (χ1v) is 11.4. The number of hydrogen-bond acceptors (Lipinski definition) is 5. The lowest BCUT2D eigenvalue weighted by Gasteiger charge is -2.17. The normalized spacial score (nSPS) is 13.6. The molecule has 0 bridgehead atoms. The number of aromatic hydroxyl groups is 1. The first-order chi connectivity index (χ1) is 17.0. The Bertz CT molecular complexity index is 1320. The highest BCUT2D eigenvalue weighted by molar-refractivity contribution is 6.25. The fourth-order valence-corrected chi connectivity index (χ4v) is 4.02. The van der Waals surface area contributed by atoms with Gasteiger partial charge in [-0.3, -0.25) is 19.5 Å². The fourth-order valence-electron chi connectivity index (χ4n) is 4.02. The van der Waals surface area contributed by atoms with Crippen molar-refractivity contribution in [3.63, 3.8) is 0 Å². The molecule has 0 unspecified atom stereocenters.